The molecule has 6 nitrogen and oxygen atoms in total. The summed E-state index contributed by atoms with van der Waals surface area (Å²) in [6.45, 7) is 3.80. The third-order valence-electron chi connectivity index (χ3n) is 4.44. The van der Waals surface area contributed by atoms with Gasteiger partial charge < -0.3 is 5.32 Å². The molecule has 0 saturated carbocycles. The van der Waals surface area contributed by atoms with Gasteiger partial charge in [0.05, 0.1) is 10.9 Å². The number of thioether (sulfide) groups is 1. The fourth-order valence-electron chi connectivity index (χ4n) is 3.08. The summed E-state index contributed by atoms with van der Waals surface area (Å²) in [5, 5.41) is 21.2. The van der Waals surface area contributed by atoms with E-state index in [9.17, 15) is 20.1 Å². The number of carbonyl (C=O) groups excluding carboxylic acids is 2. The van der Waals surface area contributed by atoms with E-state index < -0.39 is 5.25 Å². The van der Waals surface area contributed by atoms with Crippen LogP contribution in [0, 0.1) is 36.5 Å². The van der Waals surface area contributed by atoms with E-state index in [0.29, 0.717) is 11.4 Å². The molecule has 29 heavy (non-hydrogen) atoms. The third-order valence-corrected chi connectivity index (χ3v) is 5.64. The van der Waals surface area contributed by atoms with Gasteiger partial charge in [-0.25, -0.2) is 4.90 Å². The highest BCUT2D eigenvalue weighted by Crippen LogP contribution is 2.36. The molecule has 7 heteroatoms. The van der Waals surface area contributed by atoms with Crippen molar-refractivity contribution in [2.45, 2.75) is 25.5 Å². The lowest BCUT2D eigenvalue weighted by Gasteiger charge is -2.18. The smallest absolute Gasteiger partial charge is 0.247 e. The average molecular weight is 402 g/mol. The van der Waals surface area contributed by atoms with E-state index in [1.54, 1.807) is 18.2 Å². The van der Waals surface area contributed by atoms with Gasteiger partial charge in [-0.2, -0.15) is 10.5 Å². The van der Waals surface area contributed by atoms with Gasteiger partial charge in [0.1, 0.15) is 17.2 Å². The first-order valence-corrected chi connectivity index (χ1v) is 9.79. The monoisotopic (exact) mass is 402 g/mol. The van der Waals surface area contributed by atoms with Crippen LogP contribution in [0.2, 0.25) is 0 Å². The molecule has 1 aliphatic heterocycles. The number of amides is 2. The Kier molecular flexibility index (Phi) is 6.01. The van der Waals surface area contributed by atoms with Crippen molar-refractivity contribution in [3.63, 3.8) is 0 Å². The van der Waals surface area contributed by atoms with Crippen LogP contribution in [0.3, 0.4) is 0 Å². The van der Waals surface area contributed by atoms with Crippen LogP contribution in [0.15, 0.2) is 59.1 Å². The number of nitrogens with one attached hydrogen (secondary N) is 1. The molecule has 1 aliphatic rings. The number of benzene rings is 2. The third kappa shape index (κ3) is 4.31. The number of hydrogen-bond donors (Lipinski definition) is 1. The molecule has 2 aromatic carbocycles. The first-order valence-electron chi connectivity index (χ1n) is 8.92. The SMILES string of the molecule is Cc1ccc(N2C(=O)C[C@@H](SC(Nc3ccccc3)=C(C#N)C#N)C2=O)c(C)c1. The molecule has 1 atom stereocenters. The lowest BCUT2D eigenvalue weighted by atomic mass is 10.1. The highest BCUT2D eigenvalue weighted by Gasteiger charge is 2.41. The van der Waals surface area contributed by atoms with E-state index in [1.807, 2.05) is 56.3 Å². The van der Waals surface area contributed by atoms with Gasteiger partial charge in [-0.1, -0.05) is 47.7 Å². The van der Waals surface area contributed by atoms with Gasteiger partial charge in [0.25, 0.3) is 0 Å². The van der Waals surface area contributed by atoms with Crippen molar-refractivity contribution in [2.75, 3.05) is 10.2 Å². The molecule has 0 unspecified atom stereocenters. The van der Waals surface area contributed by atoms with Gasteiger partial charge in [-0.05, 0) is 37.6 Å². The first-order chi connectivity index (χ1) is 13.9. The number of nitriles is 2. The van der Waals surface area contributed by atoms with E-state index >= 15 is 0 Å². The summed E-state index contributed by atoms with van der Waals surface area (Å²) in [6.07, 6.45) is 0.000916. The normalized spacial score (nSPS) is 15.6. The maximum atomic E-state index is 13.0. The molecule has 144 valence electrons. The molecule has 1 saturated heterocycles. The van der Waals surface area contributed by atoms with Crippen molar-refractivity contribution in [3.8, 4) is 12.1 Å². The topological polar surface area (TPSA) is 97.0 Å². The number of allylic oxidation sites excluding steroid dienone is 1. The molecule has 0 radical (unpaired) electrons. The molecule has 2 amide bonds. The molecule has 1 N–H and O–H groups in total. The van der Waals surface area contributed by atoms with Crippen molar-refractivity contribution < 1.29 is 9.59 Å². The standard InChI is InChI=1S/C22H18N4O2S/c1-14-8-9-18(15(2)10-14)26-20(27)11-19(22(26)28)29-21(16(12-23)13-24)25-17-6-4-3-5-7-17/h3-10,19,25H,11H2,1-2H3/t19-/m1/s1. The minimum absolute atomic E-state index is 0.000916. The predicted molar refractivity (Wildman–Crippen MR) is 113 cm³/mol. The highest BCUT2D eigenvalue weighted by atomic mass is 32.2. The Bertz CT molecular complexity index is 1060. The molecule has 1 heterocycles. The van der Waals surface area contributed by atoms with E-state index in [1.165, 1.54) is 4.90 Å². The Morgan fingerprint density at radius 2 is 1.79 bits per heavy atom. The summed E-state index contributed by atoms with van der Waals surface area (Å²) in [6, 6.07) is 18.3. The minimum Gasteiger partial charge on any atom is -0.349 e. The van der Waals surface area contributed by atoms with Crippen LogP contribution in [-0.2, 0) is 9.59 Å². The van der Waals surface area contributed by atoms with E-state index in [0.717, 1.165) is 22.9 Å². The lowest BCUT2D eigenvalue weighted by molar-refractivity contribution is -0.121. The number of anilines is 2. The summed E-state index contributed by atoms with van der Waals surface area (Å²) >= 11 is 1.04. The van der Waals surface area contributed by atoms with Crippen molar-refractivity contribution >= 4 is 35.0 Å². The highest BCUT2D eigenvalue weighted by molar-refractivity contribution is 8.04. The Balaban J connectivity index is 1.88. The zero-order chi connectivity index (χ0) is 21.0. The summed E-state index contributed by atoms with van der Waals surface area (Å²) in [5.74, 6) is -0.650. The van der Waals surface area contributed by atoms with Crippen molar-refractivity contribution in [2.24, 2.45) is 0 Å². The Labute approximate surface area is 173 Å². The van der Waals surface area contributed by atoms with Gasteiger partial charge in [0, 0.05) is 12.1 Å². The molecule has 0 bridgehead atoms. The van der Waals surface area contributed by atoms with Crippen molar-refractivity contribution in [1.29, 1.82) is 10.5 Å². The van der Waals surface area contributed by atoms with Crippen LogP contribution in [-0.4, -0.2) is 17.1 Å². The van der Waals surface area contributed by atoms with Gasteiger partial charge in [0.15, 0.2) is 5.57 Å². The Hall–Kier alpha value is -3.55. The lowest BCUT2D eigenvalue weighted by Crippen LogP contribution is -2.31. The Morgan fingerprint density at radius 3 is 2.41 bits per heavy atom. The molecular formula is C22H18N4O2S. The first kappa shape index (κ1) is 20.2. The van der Waals surface area contributed by atoms with Gasteiger partial charge in [-0.3, -0.25) is 9.59 Å². The van der Waals surface area contributed by atoms with Gasteiger partial charge in [0.2, 0.25) is 11.8 Å². The van der Waals surface area contributed by atoms with Gasteiger partial charge in [-0.15, -0.1) is 0 Å². The molecule has 2 aromatic rings. The summed E-state index contributed by atoms with van der Waals surface area (Å²) in [5.41, 5.74) is 2.99. The average Bonchev–Trinajstić information content (AvgIpc) is 2.97. The van der Waals surface area contributed by atoms with E-state index in [-0.39, 0.29) is 28.8 Å². The number of imide groups is 1. The fraction of sp³-hybridized carbons (Fsp3) is 0.182. The number of carbonyl (C=O) groups is 2. The number of nitrogens with zero attached hydrogens (tertiary/aromatic N) is 3. The number of aryl methyl sites for hydroxylation is 2. The summed E-state index contributed by atoms with van der Waals surface area (Å²) in [7, 11) is 0. The second-order valence-electron chi connectivity index (χ2n) is 6.59. The van der Waals surface area contributed by atoms with Gasteiger partial charge >= 0.3 is 0 Å². The summed E-state index contributed by atoms with van der Waals surface area (Å²) in [4.78, 5) is 26.8. The summed E-state index contributed by atoms with van der Waals surface area (Å²) < 4.78 is 0. The van der Waals surface area contributed by atoms with Crippen LogP contribution in [0.4, 0.5) is 11.4 Å². The fourth-order valence-corrected chi connectivity index (χ4v) is 4.18. The molecule has 0 aliphatic carbocycles. The number of rotatable bonds is 5. The predicted octanol–water partition coefficient (Wildman–Crippen LogP) is 4.04. The number of para-hydroxylation sites is 1. The van der Waals surface area contributed by atoms with Crippen LogP contribution in [0.1, 0.15) is 17.5 Å². The molecular weight excluding hydrogens is 384 g/mol. The molecule has 0 aromatic heterocycles. The maximum Gasteiger partial charge on any atom is 0.247 e. The Morgan fingerprint density at radius 1 is 1.10 bits per heavy atom. The van der Waals surface area contributed by atoms with Crippen LogP contribution in [0.25, 0.3) is 0 Å². The van der Waals surface area contributed by atoms with Crippen LogP contribution in [0.5, 0.6) is 0 Å². The quantitative estimate of drug-likeness (QED) is 0.599. The zero-order valence-electron chi connectivity index (χ0n) is 16.0. The molecule has 0 spiro atoms. The largest absolute Gasteiger partial charge is 0.349 e. The van der Waals surface area contributed by atoms with E-state index in [4.69, 9.17) is 0 Å². The number of hydrogen-bond acceptors (Lipinski definition) is 6. The van der Waals surface area contributed by atoms with Crippen molar-refractivity contribution in [3.05, 3.63) is 70.3 Å². The second-order valence-corrected chi connectivity index (χ2v) is 7.80. The molecule has 3 rings (SSSR count). The van der Waals surface area contributed by atoms with Crippen LogP contribution >= 0.6 is 11.8 Å². The molecule has 1 fully saturated rings. The van der Waals surface area contributed by atoms with Crippen LogP contribution < -0.4 is 10.2 Å². The second kappa shape index (κ2) is 8.64. The van der Waals surface area contributed by atoms with E-state index in [2.05, 4.69) is 5.32 Å². The minimum atomic E-state index is -0.717. The van der Waals surface area contributed by atoms with Crippen molar-refractivity contribution in [1.82, 2.24) is 0 Å². The zero-order valence-corrected chi connectivity index (χ0v) is 16.8. The maximum absolute atomic E-state index is 13.0.